The van der Waals surface area contributed by atoms with Crippen LogP contribution in [0.25, 0.3) is 45.3 Å². The third-order valence-corrected chi connectivity index (χ3v) is 5.82. The van der Waals surface area contributed by atoms with Gasteiger partial charge in [0.25, 0.3) is 0 Å². The number of para-hydroxylation sites is 2. The van der Waals surface area contributed by atoms with Gasteiger partial charge in [-0.1, -0.05) is 97.1 Å². The topological polar surface area (TPSA) is 35.6 Å². The Bertz CT molecular complexity index is 1460. The molecule has 0 fully saturated rings. The van der Waals surface area contributed by atoms with E-state index in [2.05, 4.69) is 72.8 Å². The molecule has 4 nitrogen and oxygen atoms in total. The molecule has 2 heterocycles. The Morgan fingerprint density at radius 1 is 0.382 bits per heavy atom. The van der Waals surface area contributed by atoms with Gasteiger partial charge < -0.3 is 0 Å². The number of hydrogen-bond acceptors (Lipinski definition) is 2. The first-order valence-electron chi connectivity index (χ1n) is 11.3. The fourth-order valence-electron chi connectivity index (χ4n) is 4.17. The van der Waals surface area contributed by atoms with Gasteiger partial charge in [0.2, 0.25) is 0 Å². The smallest absolute Gasteiger partial charge is 0.112 e. The van der Waals surface area contributed by atoms with Crippen LogP contribution in [-0.4, -0.2) is 19.6 Å². The van der Waals surface area contributed by atoms with Gasteiger partial charge in [0, 0.05) is 11.1 Å². The maximum atomic E-state index is 5.08. The predicted octanol–water partition coefficient (Wildman–Crippen LogP) is 7.06. The van der Waals surface area contributed by atoms with E-state index < -0.39 is 0 Å². The van der Waals surface area contributed by atoms with E-state index in [0.29, 0.717) is 0 Å². The summed E-state index contributed by atoms with van der Waals surface area (Å²) < 4.78 is 3.99. The monoisotopic (exact) mass is 438 g/mol. The van der Waals surface area contributed by atoms with Crippen molar-refractivity contribution in [1.29, 1.82) is 0 Å². The van der Waals surface area contributed by atoms with E-state index in [-0.39, 0.29) is 0 Å². The molecule has 0 amide bonds. The third-order valence-electron chi connectivity index (χ3n) is 5.82. The normalized spacial score (nSPS) is 10.9. The third kappa shape index (κ3) is 3.71. The second-order valence-corrected chi connectivity index (χ2v) is 8.06. The molecule has 162 valence electrons. The lowest BCUT2D eigenvalue weighted by Crippen LogP contribution is -2.01. The van der Waals surface area contributed by atoms with Gasteiger partial charge in [0.1, 0.15) is 5.69 Å². The molecule has 2 aromatic heterocycles. The molecular formula is C30H22N4. The van der Waals surface area contributed by atoms with Crippen molar-refractivity contribution in [3.63, 3.8) is 0 Å². The molecule has 4 heteroatoms. The summed E-state index contributed by atoms with van der Waals surface area (Å²) in [6, 6.07) is 45.3. The summed E-state index contributed by atoms with van der Waals surface area (Å²) in [5, 5.41) is 10.1. The minimum atomic E-state index is 0.862. The zero-order valence-electron chi connectivity index (χ0n) is 18.5. The van der Waals surface area contributed by atoms with Crippen LogP contribution in [0.15, 0.2) is 133 Å². The number of rotatable bonds is 5. The van der Waals surface area contributed by atoms with E-state index in [1.807, 2.05) is 70.0 Å². The van der Waals surface area contributed by atoms with E-state index in [9.17, 15) is 0 Å². The number of aromatic nitrogens is 4. The Labute approximate surface area is 198 Å². The van der Waals surface area contributed by atoms with Crippen molar-refractivity contribution in [2.75, 3.05) is 0 Å². The first-order chi connectivity index (χ1) is 16.9. The zero-order chi connectivity index (χ0) is 22.7. The Balaban J connectivity index is 1.57. The van der Waals surface area contributed by atoms with Crippen molar-refractivity contribution in [2.45, 2.75) is 0 Å². The number of hydrogen-bond donors (Lipinski definition) is 0. The predicted molar refractivity (Wildman–Crippen MR) is 137 cm³/mol. The number of nitrogens with zero attached hydrogens (tertiary/aromatic N) is 4. The van der Waals surface area contributed by atoms with Gasteiger partial charge >= 0.3 is 0 Å². The minimum Gasteiger partial charge on any atom is -0.232 e. The molecule has 0 aliphatic carbocycles. The van der Waals surface area contributed by atoms with Crippen LogP contribution in [0.2, 0.25) is 0 Å². The lowest BCUT2D eigenvalue weighted by atomic mass is 10.1. The minimum absolute atomic E-state index is 0.862. The van der Waals surface area contributed by atoms with Gasteiger partial charge in [-0.25, -0.2) is 9.36 Å². The molecule has 0 atom stereocenters. The maximum absolute atomic E-state index is 5.08. The van der Waals surface area contributed by atoms with Crippen LogP contribution in [0.1, 0.15) is 0 Å². The molecule has 0 saturated heterocycles. The molecule has 0 unspecified atom stereocenters. The number of benzene rings is 4. The summed E-state index contributed by atoms with van der Waals surface area (Å²) in [5.74, 6) is 0. The summed E-state index contributed by atoms with van der Waals surface area (Å²) in [4.78, 5) is 0. The molecule has 4 aromatic carbocycles. The van der Waals surface area contributed by atoms with Gasteiger partial charge in [-0.15, -0.1) is 0 Å². The van der Waals surface area contributed by atoms with E-state index in [4.69, 9.17) is 10.2 Å². The van der Waals surface area contributed by atoms with Gasteiger partial charge in [-0.05, 0) is 36.4 Å². The van der Waals surface area contributed by atoms with Crippen LogP contribution in [-0.2, 0) is 0 Å². The summed E-state index contributed by atoms with van der Waals surface area (Å²) in [6.45, 7) is 0. The van der Waals surface area contributed by atoms with Gasteiger partial charge in [0.15, 0.2) is 0 Å². The molecule has 0 saturated carbocycles. The second-order valence-electron chi connectivity index (χ2n) is 8.06. The van der Waals surface area contributed by atoms with Crippen molar-refractivity contribution in [3.8, 4) is 45.3 Å². The quantitative estimate of drug-likeness (QED) is 0.289. The fraction of sp³-hybridized carbons (Fsp3) is 0. The van der Waals surface area contributed by atoms with Crippen molar-refractivity contribution >= 4 is 0 Å². The Kier molecular flexibility index (Phi) is 5.09. The standard InChI is InChI=1S/C30H22N4/c1-5-13-23(14-6-1)27-21-30(34(31-27)26-19-11-4-12-20-26)28-22-29(24-15-7-2-8-16-24)33(32-28)25-17-9-3-10-18-25/h1-22H. The molecule has 6 aromatic rings. The second kappa shape index (κ2) is 8.68. The molecule has 0 aliphatic rings. The Morgan fingerprint density at radius 3 is 1.35 bits per heavy atom. The first kappa shape index (κ1) is 19.9. The molecular weight excluding hydrogens is 416 g/mol. The van der Waals surface area contributed by atoms with E-state index in [1.165, 1.54) is 0 Å². The molecule has 0 N–H and O–H groups in total. The Morgan fingerprint density at radius 2 is 0.794 bits per heavy atom. The fourth-order valence-corrected chi connectivity index (χ4v) is 4.17. The largest absolute Gasteiger partial charge is 0.232 e. The van der Waals surface area contributed by atoms with Crippen LogP contribution in [0.3, 0.4) is 0 Å². The highest BCUT2D eigenvalue weighted by atomic mass is 15.3. The summed E-state index contributed by atoms with van der Waals surface area (Å²) in [6.07, 6.45) is 0. The van der Waals surface area contributed by atoms with E-state index in [0.717, 1.165) is 45.3 Å². The maximum Gasteiger partial charge on any atom is 0.112 e. The average molecular weight is 439 g/mol. The molecule has 0 spiro atoms. The highest BCUT2D eigenvalue weighted by Gasteiger charge is 2.19. The van der Waals surface area contributed by atoms with Crippen molar-refractivity contribution in [1.82, 2.24) is 19.6 Å². The van der Waals surface area contributed by atoms with Crippen LogP contribution in [0.5, 0.6) is 0 Å². The van der Waals surface area contributed by atoms with Crippen LogP contribution in [0, 0.1) is 0 Å². The lowest BCUT2D eigenvalue weighted by molar-refractivity contribution is 0.862. The highest BCUT2D eigenvalue weighted by molar-refractivity contribution is 5.73. The van der Waals surface area contributed by atoms with Crippen LogP contribution < -0.4 is 0 Å². The van der Waals surface area contributed by atoms with Gasteiger partial charge in [-0.3, -0.25) is 0 Å². The summed E-state index contributed by atoms with van der Waals surface area (Å²) in [5.41, 5.74) is 7.94. The molecule has 0 bridgehead atoms. The lowest BCUT2D eigenvalue weighted by Gasteiger charge is -2.07. The zero-order valence-corrected chi connectivity index (χ0v) is 18.5. The highest BCUT2D eigenvalue weighted by Crippen LogP contribution is 2.32. The van der Waals surface area contributed by atoms with Crippen molar-refractivity contribution < 1.29 is 0 Å². The Hall–Kier alpha value is -4.70. The van der Waals surface area contributed by atoms with Crippen molar-refractivity contribution in [2.24, 2.45) is 0 Å². The molecule has 6 rings (SSSR count). The SMILES string of the molecule is c1ccc(-c2cc(-c3cc(-c4ccccc4)n(-c4ccccc4)n3)n(-c3ccccc3)n2)cc1. The molecule has 0 radical (unpaired) electrons. The van der Waals surface area contributed by atoms with E-state index >= 15 is 0 Å². The van der Waals surface area contributed by atoms with Crippen LogP contribution in [0.4, 0.5) is 0 Å². The van der Waals surface area contributed by atoms with Gasteiger partial charge in [0.05, 0.1) is 28.5 Å². The van der Waals surface area contributed by atoms with Gasteiger partial charge in [-0.2, -0.15) is 10.2 Å². The average Bonchev–Trinajstić information content (AvgIpc) is 3.56. The van der Waals surface area contributed by atoms with E-state index in [1.54, 1.807) is 0 Å². The van der Waals surface area contributed by atoms with Crippen molar-refractivity contribution in [3.05, 3.63) is 133 Å². The summed E-state index contributed by atoms with van der Waals surface area (Å²) >= 11 is 0. The summed E-state index contributed by atoms with van der Waals surface area (Å²) in [7, 11) is 0. The molecule has 34 heavy (non-hydrogen) atoms. The molecule has 0 aliphatic heterocycles. The first-order valence-corrected chi connectivity index (χ1v) is 11.3. The van der Waals surface area contributed by atoms with Crippen LogP contribution >= 0.6 is 0 Å².